The van der Waals surface area contributed by atoms with Crippen molar-refractivity contribution in [2.75, 3.05) is 25.0 Å². The number of piperidine rings is 1. The Morgan fingerprint density at radius 2 is 1.71 bits per heavy atom. The molecule has 0 saturated carbocycles. The maximum absolute atomic E-state index is 12.7. The molecule has 1 saturated heterocycles. The van der Waals surface area contributed by atoms with Crippen LogP contribution in [0.25, 0.3) is 0 Å². The van der Waals surface area contributed by atoms with Gasteiger partial charge in [0.25, 0.3) is 5.91 Å². The highest BCUT2D eigenvalue weighted by molar-refractivity contribution is 7.89. The molecule has 1 aliphatic rings. The summed E-state index contributed by atoms with van der Waals surface area (Å²) < 4.78 is 69.9. The Bertz CT molecular complexity index is 1040. The van der Waals surface area contributed by atoms with E-state index in [9.17, 15) is 26.4 Å². The van der Waals surface area contributed by atoms with Crippen molar-refractivity contribution in [2.24, 2.45) is 0 Å². The molecular formula is C20H20ClF3N2O4S. The van der Waals surface area contributed by atoms with Crippen LogP contribution >= 0.6 is 11.6 Å². The number of rotatable bonds is 6. The minimum absolute atomic E-state index is 0.0282. The van der Waals surface area contributed by atoms with Gasteiger partial charge >= 0.3 is 6.18 Å². The summed E-state index contributed by atoms with van der Waals surface area (Å²) in [5.74, 6) is -0.498. The molecule has 1 aliphatic heterocycles. The van der Waals surface area contributed by atoms with Crippen molar-refractivity contribution >= 4 is 33.2 Å². The van der Waals surface area contributed by atoms with Gasteiger partial charge in [-0.1, -0.05) is 18.0 Å². The first-order chi connectivity index (χ1) is 14.6. The first-order valence-corrected chi connectivity index (χ1v) is 11.3. The van der Waals surface area contributed by atoms with Gasteiger partial charge in [0.15, 0.2) is 6.61 Å². The summed E-state index contributed by atoms with van der Waals surface area (Å²) in [4.78, 5) is 12.1. The van der Waals surface area contributed by atoms with E-state index in [1.165, 1.54) is 22.5 Å². The quantitative estimate of drug-likeness (QED) is 0.663. The first kappa shape index (κ1) is 23.4. The van der Waals surface area contributed by atoms with Gasteiger partial charge in [-0.2, -0.15) is 17.5 Å². The van der Waals surface area contributed by atoms with Crippen molar-refractivity contribution in [3.63, 3.8) is 0 Å². The number of benzene rings is 2. The zero-order chi connectivity index (χ0) is 22.6. The third-order valence-electron chi connectivity index (χ3n) is 4.71. The van der Waals surface area contributed by atoms with Crippen molar-refractivity contribution in [3.8, 4) is 5.75 Å². The molecule has 6 nitrogen and oxygen atoms in total. The minimum atomic E-state index is -4.46. The number of nitrogens with zero attached hydrogens (tertiary/aromatic N) is 1. The highest BCUT2D eigenvalue weighted by Crippen LogP contribution is 2.31. The Kier molecular flexibility index (Phi) is 7.13. The van der Waals surface area contributed by atoms with Gasteiger partial charge in [-0.05, 0) is 55.3 Å². The lowest BCUT2D eigenvalue weighted by molar-refractivity contribution is -0.137. The number of halogens is 4. The van der Waals surface area contributed by atoms with E-state index in [1.807, 2.05) is 0 Å². The van der Waals surface area contributed by atoms with Crippen LogP contribution < -0.4 is 10.1 Å². The fourth-order valence-corrected chi connectivity index (χ4v) is 4.94. The lowest BCUT2D eigenvalue weighted by Gasteiger charge is -2.26. The number of ether oxygens (including phenoxy) is 1. The Hall–Kier alpha value is -2.30. The van der Waals surface area contributed by atoms with Crippen LogP contribution in [-0.4, -0.2) is 38.3 Å². The molecule has 0 unspecified atom stereocenters. The van der Waals surface area contributed by atoms with Crippen molar-refractivity contribution < 1.29 is 31.1 Å². The molecule has 0 bridgehead atoms. The molecule has 0 atom stereocenters. The van der Waals surface area contributed by atoms with E-state index in [-0.39, 0.29) is 21.4 Å². The van der Waals surface area contributed by atoms with E-state index < -0.39 is 34.3 Å². The number of amides is 1. The Labute approximate surface area is 183 Å². The normalized spacial score (nSPS) is 15.5. The van der Waals surface area contributed by atoms with E-state index in [1.54, 1.807) is 0 Å². The molecular weight excluding hydrogens is 457 g/mol. The van der Waals surface area contributed by atoms with Crippen molar-refractivity contribution in [1.29, 1.82) is 0 Å². The monoisotopic (exact) mass is 476 g/mol. The molecule has 2 aromatic carbocycles. The standard InChI is InChI=1S/C20H20ClF3N2O4S/c21-17-12-16(31(28,29)26-10-2-1-3-11-26)8-9-18(17)30-13-19(27)25-15-6-4-14(5-7-15)20(22,23)24/h4-9,12H,1-3,10-11,13H2,(H,25,27). The lowest BCUT2D eigenvalue weighted by atomic mass is 10.2. The largest absolute Gasteiger partial charge is 0.482 e. The van der Waals surface area contributed by atoms with Gasteiger partial charge in [0.1, 0.15) is 5.75 Å². The Morgan fingerprint density at radius 3 is 2.29 bits per heavy atom. The summed E-state index contributed by atoms with van der Waals surface area (Å²) in [5.41, 5.74) is -0.649. The van der Waals surface area contributed by atoms with Crippen LogP contribution in [0.5, 0.6) is 5.75 Å². The Morgan fingerprint density at radius 1 is 1.06 bits per heavy atom. The molecule has 0 aliphatic carbocycles. The van der Waals surface area contributed by atoms with Crippen molar-refractivity contribution in [2.45, 2.75) is 30.3 Å². The topological polar surface area (TPSA) is 75.7 Å². The zero-order valence-electron chi connectivity index (χ0n) is 16.3. The van der Waals surface area contributed by atoms with Gasteiger partial charge in [-0.3, -0.25) is 4.79 Å². The first-order valence-electron chi connectivity index (χ1n) is 9.47. The van der Waals surface area contributed by atoms with E-state index >= 15 is 0 Å². The molecule has 0 radical (unpaired) electrons. The predicted octanol–water partition coefficient (Wildman–Crippen LogP) is 4.55. The molecule has 1 N–H and O–H groups in total. The van der Waals surface area contributed by atoms with Crippen LogP contribution in [0.4, 0.5) is 18.9 Å². The van der Waals surface area contributed by atoms with E-state index in [4.69, 9.17) is 16.3 Å². The number of nitrogens with one attached hydrogen (secondary N) is 1. The van der Waals surface area contributed by atoms with Crippen LogP contribution in [0.2, 0.25) is 5.02 Å². The number of hydrogen-bond donors (Lipinski definition) is 1. The second kappa shape index (κ2) is 9.46. The molecule has 1 heterocycles. The van der Waals surface area contributed by atoms with Gasteiger partial charge in [0, 0.05) is 18.8 Å². The third-order valence-corrected chi connectivity index (χ3v) is 6.90. The Balaban J connectivity index is 1.59. The van der Waals surface area contributed by atoms with E-state index in [2.05, 4.69) is 5.32 Å². The van der Waals surface area contributed by atoms with Crippen molar-refractivity contribution in [3.05, 3.63) is 53.1 Å². The smallest absolute Gasteiger partial charge is 0.416 e. The molecule has 11 heteroatoms. The predicted molar refractivity (Wildman–Crippen MR) is 110 cm³/mol. The summed E-state index contributed by atoms with van der Waals surface area (Å²) in [6.45, 7) is 0.462. The maximum atomic E-state index is 12.7. The average molecular weight is 477 g/mol. The fraction of sp³-hybridized carbons (Fsp3) is 0.350. The van der Waals surface area contributed by atoms with Crippen LogP contribution in [-0.2, 0) is 21.0 Å². The fourth-order valence-electron chi connectivity index (χ4n) is 3.10. The van der Waals surface area contributed by atoms with Gasteiger partial charge in [-0.25, -0.2) is 8.42 Å². The van der Waals surface area contributed by atoms with Gasteiger partial charge in [-0.15, -0.1) is 0 Å². The molecule has 168 valence electrons. The minimum Gasteiger partial charge on any atom is -0.482 e. The second-order valence-corrected chi connectivity index (χ2v) is 9.31. The van der Waals surface area contributed by atoms with Crippen LogP contribution in [0.1, 0.15) is 24.8 Å². The molecule has 1 amide bonds. The number of sulfonamides is 1. The van der Waals surface area contributed by atoms with Gasteiger partial charge in [0.05, 0.1) is 15.5 Å². The van der Waals surface area contributed by atoms with E-state index in [0.717, 1.165) is 43.5 Å². The SMILES string of the molecule is O=C(COc1ccc(S(=O)(=O)N2CCCCC2)cc1Cl)Nc1ccc(C(F)(F)F)cc1. The zero-order valence-corrected chi connectivity index (χ0v) is 17.9. The molecule has 0 spiro atoms. The van der Waals surface area contributed by atoms with Crippen LogP contribution in [0, 0.1) is 0 Å². The summed E-state index contributed by atoms with van der Waals surface area (Å²) >= 11 is 6.13. The number of hydrogen-bond acceptors (Lipinski definition) is 4. The number of anilines is 1. The number of alkyl halides is 3. The summed E-state index contributed by atoms with van der Waals surface area (Å²) in [6.07, 6.45) is -1.85. The molecule has 3 rings (SSSR count). The maximum Gasteiger partial charge on any atom is 0.416 e. The van der Waals surface area contributed by atoms with Gasteiger partial charge in [0.2, 0.25) is 10.0 Å². The van der Waals surface area contributed by atoms with E-state index in [0.29, 0.717) is 13.1 Å². The number of carbonyl (C=O) groups excluding carboxylic acids is 1. The number of carbonyl (C=O) groups is 1. The lowest BCUT2D eigenvalue weighted by Crippen LogP contribution is -2.35. The summed E-state index contributed by atoms with van der Waals surface area (Å²) in [7, 11) is -3.65. The summed E-state index contributed by atoms with van der Waals surface area (Å²) in [5, 5.41) is 2.44. The third kappa shape index (κ3) is 5.90. The van der Waals surface area contributed by atoms with Crippen molar-refractivity contribution in [1.82, 2.24) is 4.31 Å². The average Bonchev–Trinajstić information content (AvgIpc) is 2.73. The summed E-state index contributed by atoms with van der Waals surface area (Å²) in [6, 6.07) is 7.98. The highest BCUT2D eigenvalue weighted by atomic mass is 35.5. The molecule has 1 fully saturated rings. The second-order valence-electron chi connectivity index (χ2n) is 6.97. The van der Waals surface area contributed by atoms with Crippen LogP contribution in [0.15, 0.2) is 47.4 Å². The highest BCUT2D eigenvalue weighted by Gasteiger charge is 2.30. The molecule has 31 heavy (non-hydrogen) atoms. The molecule has 0 aromatic heterocycles. The van der Waals surface area contributed by atoms with Crippen LogP contribution in [0.3, 0.4) is 0 Å². The molecule has 2 aromatic rings. The van der Waals surface area contributed by atoms with Gasteiger partial charge < -0.3 is 10.1 Å².